The lowest BCUT2D eigenvalue weighted by atomic mass is 9.88. The zero-order valence-corrected chi connectivity index (χ0v) is 12.7. The van der Waals surface area contributed by atoms with E-state index < -0.39 is 40.5 Å². The number of hydrogen-bond donors (Lipinski definition) is 2. The van der Waals surface area contributed by atoms with Crippen molar-refractivity contribution in [3.05, 3.63) is 29.8 Å². The summed E-state index contributed by atoms with van der Waals surface area (Å²) in [6.07, 6.45) is -3.60. The summed E-state index contributed by atoms with van der Waals surface area (Å²) in [4.78, 5) is 12.0. The fraction of sp³-hybridized carbons (Fsp3) is 0.500. The highest BCUT2D eigenvalue weighted by Crippen LogP contribution is 2.36. The van der Waals surface area contributed by atoms with Gasteiger partial charge in [0, 0.05) is 0 Å². The minimum Gasteiger partial charge on any atom is -0.443 e. The lowest BCUT2D eigenvalue weighted by Crippen LogP contribution is -2.55. The van der Waals surface area contributed by atoms with E-state index in [4.69, 9.17) is 4.74 Å². The predicted molar refractivity (Wildman–Crippen MR) is 75.5 cm³/mol. The zero-order chi connectivity index (χ0) is 16.1. The van der Waals surface area contributed by atoms with Crippen LogP contribution in [0.15, 0.2) is 29.2 Å². The third-order valence-corrected chi connectivity index (χ3v) is 5.93. The first kappa shape index (κ1) is 15.3. The van der Waals surface area contributed by atoms with Crippen LogP contribution in [0.1, 0.15) is 18.4 Å². The summed E-state index contributed by atoms with van der Waals surface area (Å²) in [6, 6.07) is 4.95. The molecule has 1 heterocycles. The first-order valence-corrected chi connectivity index (χ1v) is 8.44. The van der Waals surface area contributed by atoms with Crippen LogP contribution in [-0.2, 0) is 14.8 Å². The average Bonchev–Trinajstić information content (AvgIpc) is 2.81. The van der Waals surface area contributed by atoms with Gasteiger partial charge >= 0.3 is 6.09 Å². The summed E-state index contributed by atoms with van der Waals surface area (Å²) < 4.78 is 31.0. The average molecular weight is 327 g/mol. The van der Waals surface area contributed by atoms with Crippen molar-refractivity contribution in [2.75, 3.05) is 0 Å². The van der Waals surface area contributed by atoms with Crippen LogP contribution in [0, 0.1) is 6.92 Å². The summed E-state index contributed by atoms with van der Waals surface area (Å²) in [6.45, 7) is 1.82. The van der Waals surface area contributed by atoms with Crippen LogP contribution in [0.3, 0.4) is 0 Å². The third-order valence-electron chi connectivity index (χ3n) is 4.15. The number of aliphatic hydroxyl groups excluding tert-OH is 2. The number of rotatable bonds is 2. The first-order valence-electron chi connectivity index (χ1n) is 7.00. The molecule has 3 rings (SSSR count). The molecule has 4 atom stereocenters. The molecule has 2 aliphatic rings. The van der Waals surface area contributed by atoms with Gasteiger partial charge in [-0.2, -0.15) is 4.31 Å². The van der Waals surface area contributed by atoms with Crippen molar-refractivity contribution in [2.24, 2.45) is 0 Å². The molecule has 2 fully saturated rings. The zero-order valence-electron chi connectivity index (χ0n) is 11.9. The van der Waals surface area contributed by atoms with E-state index in [1.165, 1.54) is 12.1 Å². The second-order valence-corrected chi connectivity index (χ2v) is 7.48. The SMILES string of the molecule is Cc1ccc(S(=O)(=O)N2C(=O)O[C@H]3CC[C@H](O)[C@H](O)[C@H]32)cc1. The second-order valence-electron chi connectivity index (χ2n) is 5.66. The predicted octanol–water partition coefficient (Wildman–Crippen LogP) is 0.389. The topological polar surface area (TPSA) is 104 Å². The van der Waals surface area contributed by atoms with E-state index >= 15 is 0 Å². The van der Waals surface area contributed by atoms with Gasteiger partial charge in [-0.1, -0.05) is 17.7 Å². The summed E-state index contributed by atoms with van der Waals surface area (Å²) in [7, 11) is -4.14. The Hall–Kier alpha value is -1.64. The molecule has 1 aliphatic heterocycles. The first-order chi connectivity index (χ1) is 10.3. The molecular weight excluding hydrogens is 310 g/mol. The van der Waals surface area contributed by atoms with Gasteiger partial charge in [-0.25, -0.2) is 13.2 Å². The van der Waals surface area contributed by atoms with Crippen molar-refractivity contribution in [1.82, 2.24) is 4.31 Å². The number of hydrogen-bond acceptors (Lipinski definition) is 6. The Kier molecular flexibility index (Phi) is 3.62. The van der Waals surface area contributed by atoms with Crippen LogP contribution >= 0.6 is 0 Å². The summed E-state index contributed by atoms with van der Waals surface area (Å²) >= 11 is 0. The van der Waals surface area contributed by atoms with Crippen LogP contribution in [0.2, 0.25) is 0 Å². The van der Waals surface area contributed by atoms with Crippen LogP contribution < -0.4 is 0 Å². The maximum atomic E-state index is 12.7. The molecule has 1 amide bonds. The molecule has 1 aliphatic carbocycles. The number of aryl methyl sites for hydroxylation is 1. The molecule has 7 nitrogen and oxygen atoms in total. The van der Waals surface area contributed by atoms with Crippen molar-refractivity contribution < 1.29 is 28.2 Å². The molecule has 0 spiro atoms. The van der Waals surface area contributed by atoms with Crippen LogP contribution in [0.5, 0.6) is 0 Å². The molecule has 0 aromatic heterocycles. The molecule has 22 heavy (non-hydrogen) atoms. The van der Waals surface area contributed by atoms with Crippen molar-refractivity contribution in [3.8, 4) is 0 Å². The number of fused-ring (bicyclic) bond motifs is 1. The Morgan fingerprint density at radius 3 is 2.45 bits per heavy atom. The maximum absolute atomic E-state index is 12.7. The number of amides is 1. The fourth-order valence-electron chi connectivity index (χ4n) is 2.93. The van der Waals surface area contributed by atoms with E-state index in [2.05, 4.69) is 0 Å². The number of ether oxygens (including phenoxy) is 1. The Labute approximate surface area is 128 Å². The Bertz CT molecular complexity index is 686. The third kappa shape index (κ3) is 2.27. The van der Waals surface area contributed by atoms with Crippen molar-refractivity contribution >= 4 is 16.1 Å². The largest absolute Gasteiger partial charge is 0.443 e. The Morgan fingerprint density at radius 2 is 1.82 bits per heavy atom. The van der Waals surface area contributed by atoms with Crippen LogP contribution in [0.4, 0.5) is 4.79 Å². The standard InChI is InChI=1S/C14H17NO6S/c1-8-2-4-9(5-3-8)22(19,20)15-12-11(21-14(15)18)7-6-10(16)13(12)17/h2-5,10-13,16-17H,6-7H2,1H3/t10-,11-,12-,13-/m0/s1. The second kappa shape index (κ2) is 5.22. The molecule has 2 N–H and O–H groups in total. The molecule has 1 saturated carbocycles. The molecule has 1 saturated heterocycles. The number of benzene rings is 1. The fourth-order valence-corrected chi connectivity index (χ4v) is 4.46. The molecular formula is C14H17NO6S. The highest BCUT2D eigenvalue weighted by atomic mass is 32.2. The molecule has 1 aromatic carbocycles. The van der Waals surface area contributed by atoms with Gasteiger partial charge in [0.05, 0.1) is 11.0 Å². The molecule has 0 radical (unpaired) electrons. The van der Waals surface area contributed by atoms with E-state index in [1.807, 2.05) is 6.92 Å². The minimum atomic E-state index is -4.14. The highest BCUT2D eigenvalue weighted by Gasteiger charge is 2.55. The molecule has 8 heteroatoms. The Morgan fingerprint density at radius 1 is 1.18 bits per heavy atom. The van der Waals surface area contributed by atoms with Gasteiger partial charge in [0.25, 0.3) is 10.0 Å². The van der Waals surface area contributed by atoms with E-state index in [1.54, 1.807) is 12.1 Å². The molecule has 1 aromatic rings. The summed E-state index contributed by atoms with van der Waals surface area (Å²) in [5.41, 5.74) is 0.883. The Balaban J connectivity index is 2.01. The number of carbonyl (C=O) groups excluding carboxylic acids is 1. The van der Waals surface area contributed by atoms with E-state index in [-0.39, 0.29) is 11.3 Å². The van der Waals surface area contributed by atoms with Crippen LogP contribution in [-0.4, -0.2) is 53.4 Å². The lowest BCUT2D eigenvalue weighted by molar-refractivity contribution is -0.0596. The number of nitrogens with zero attached hydrogens (tertiary/aromatic N) is 1. The molecule has 0 unspecified atom stereocenters. The van der Waals surface area contributed by atoms with Gasteiger partial charge in [0.2, 0.25) is 0 Å². The molecule has 0 bridgehead atoms. The van der Waals surface area contributed by atoms with Gasteiger partial charge < -0.3 is 14.9 Å². The van der Waals surface area contributed by atoms with E-state index in [0.717, 1.165) is 5.56 Å². The quantitative estimate of drug-likeness (QED) is 0.814. The highest BCUT2D eigenvalue weighted by molar-refractivity contribution is 7.89. The minimum absolute atomic E-state index is 0.0528. The van der Waals surface area contributed by atoms with Gasteiger partial charge in [-0.05, 0) is 31.9 Å². The maximum Gasteiger partial charge on any atom is 0.424 e. The van der Waals surface area contributed by atoms with Crippen LogP contribution in [0.25, 0.3) is 0 Å². The molecule has 120 valence electrons. The van der Waals surface area contributed by atoms with Gasteiger partial charge in [0.1, 0.15) is 18.2 Å². The van der Waals surface area contributed by atoms with E-state index in [0.29, 0.717) is 10.7 Å². The van der Waals surface area contributed by atoms with Crippen molar-refractivity contribution in [3.63, 3.8) is 0 Å². The van der Waals surface area contributed by atoms with Crippen molar-refractivity contribution in [1.29, 1.82) is 0 Å². The summed E-state index contributed by atoms with van der Waals surface area (Å²) in [5, 5.41) is 19.9. The van der Waals surface area contributed by atoms with E-state index in [9.17, 15) is 23.4 Å². The lowest BCUT2D eigenvalue weighted by Gasteiger charge is -2.34. The number of sulfonamides is 1. The monoisotopic (exact) mass is 327 g/mol. The smallest absolute Gasteiger partial charge is 0.424 e. The van der Waals surface area contributed by atoms with Gasteiger partial charge in [-0.3, -0.25) is 0 Å². The number of carbonyl (C=O) groups is 1. The summed E-state index contributed by atoms with van der Waals surface area (Å²) in [5.74, 6) is 0. The number of aliphatic hydroxyl groups is 2. The van der Waals surface area contributed by atoms with Crippen molar-refractivity contribution in [2.45, 2.75) is 49.0 Å². The normalized spacial score (nSPS) is 31.8. The van der Waals surface area contributed by atoms with Gasteiger partial charge in [-0.15, -0.1) is 0 Å². The van der Waals surface area contributed by atoms with Gasteiger partial charge in [0.15, 0.2) is 0 Å².